The number of rotatable bonds is 3. The molecule has 2 aromatic rings. The van der Waals surface area contributed by atoms with Gasteiger partial charge in [0.1, 0.15) is 0 Å². The van der Waals surface area contributed by atoms with E-state index in [1.54, 1.807) is 30.3 Å². The molecule has 0 fully saturated rings. The Kier molecular flexibility index (Phi) is 4.59. The first-order valence-corrected chi connectivity index (χ1v) is 6.98. The molecule has 21 heavy (non-hydrogen) atoms. The molecule has 5 nitrogen and oxygen atoms in total. The largest absolute Gasteiger partial charge is 0.351 e. The van der Waals surface area contributed by atoms with Crippen molar-refractivity contribution < 1.29 is 9.59 Å². The van der Waals surface area contributed by atoms with Gasteiger partial charge in [-0.3, -0.25) is 4.79 Å². The van der Waals surface area contributed by atoms with Gasteiger partial charge >= 0.3 is 6.03 Å². The topological polar surface area (TPSA) is 84.2 Å². The van der Waals surface area contributed by atoms with Crippen LogP contribution in [-0.2, 0) is 0 Å². The summed E-state index contributed by atoms with van der Waals surface area (Å²) in [5.41, 5.74) is 7.79. The molecule has 0 aliphatic rings. The van der Waals surface area contributed by atoms with Crippen LogP contribution in [0, 0.1) is 6.92 Å². The lowest BCUT2D eigenvalue weighted by Gasteiger charge is -2.08. The number of amides is 3. The molecule has 3 amide bonds. The molecule has 108 valence electrons. The van der Waals surface area contributed by atoms with Crippen molar-refractivity contribution in [2.75, 3.05) is 10.6 Å². The number of primary amides is 1. The van der Waals surface area contributed by atoms with Crippen molar-refractivity contribution in [2.24, 2.45) is 5.73 Å². The summed E-state index contributed by atoms with van der Waals surface area (Å²) >= 11 is 3.37. The Morgan fingerprint density at radius 2 is 1.57 bits per heavy atom. The number of urea groups is 1. The van der Waals surface area contributed by atoms with Crippen molar-refractivity contribution in [3.63, 3.8) is 0 Å². The Hall–Kier alpha value is -2.34. The third-order valence-electron chi connectivity index (χ3n) is 2.71. The van der Waals surface area contributed by atoms with Crippen LogP contribution in [-0.4, -0.2) is 11.9 Å². The average molecular weight is 348 g/mol. The van der Waals surface area contributed by atoms with Crippen LogP contribution in [0.1, 0.15) is 15.9 Å². The van der Waals surface area contributed by atoms with E-state index in [0.717, 1.165) is 10.0 Å². The Morgan fingerprint density at radius 1 is 1.00 bits per heavy atom. The minimum atomic E-state index is -0.628. The van der Waals surface area contributed by atoms with Crippen molar-refractivity contribution in [3.8, 4) is 0 Å². The van der Waals surface area contributed by atoms with Crippen molar-refractivity contribution >= 4 is 39.2 Å². The normalized spacial score (nSPS) is 10.0. The number of carbonyl (C=O) groups excluding carboxylic acids is 2. The van der Waals surface area contributed by atoms with E-state index in [4.69, 9.17) is 5.73 Å². The molecule has 6 heteroatoms. The zero-order valence-corrected chi connectivity index (χ0v) is 12.9. The summed E-state index contributed by atoms with van der Waals surface area (Å²) in [6, 6.07) is 11.6. The fraction of sp³-hybridized carbons (Fsp3) is 0.0667. The smallest absolute Gasteiger partial charge is 0.316 e. The molecule has 2 rings (SSSR count). The highest BCUT2D eigenvalue weighted by Gasteiger charge is 2.07. The third kappa shape index (κ3) is 4.32. The number of hydrogen-bond donors (Lipinski definition) is 3. The van der Waals surface area contributed by atoms with E-state index < -0.39 is 6.03 Å². The zero-order chi connectivity index (χ0) is 15.4. The summed E-state index contributed by atoms with van der Waals surface area (Å²) in [5.74, 6) is -0.199. The standard InChI is InChI=1S/C15H14BrN3O2/c1-9-6-10(8-11(16)7-9)14(20)18-12-2-4-13(5-3-12)19-15(17)21/h2-8H,1H3,(H,18,20)(H3,17,19,21). The van der Waals surface area contributed by atoms with Crippen LogP contribution >= 0.6 is 15.9 Å². The van der Waals surface area contributed by atoms with E-state index in [2.05, 4.69) is 26.6 Å². The lowest BCUT2D eigenvalue weighted by molar-refractivity contribution is 0.102. The van der Waals surface area contributed by atoms with Gasteiger partial charge in [0.05, 0.1) is 0 Å². The van der Waals surface area contributed by atoms with Crippen LogP contribution < -0.4 is 16.4 Å². The number of anilines is 2. The Labute approximate surface area is 130 Å². The SMILES string of the molecule is Cc1cc(Br)cc(C(=O)Nc2ccc(NC(N)=O)cc2)c1. The molecule has 0 unspecified atom stereocenters. The molecule has 0 saturated carbocycles. The number of halogens is 1. The summed E-state index contributed by atoms with van der Waals surface area (Å²) in [6.07, 6.45) is 0. The van der Waals surface area contributed by atoms with Gasteiger partial charge in [-0.05, 0) is 55.0 Å². The lowest BCUT2D eigenvalue weighted by Crippen LogP contribution is -2.19. The first-order valence-electron chi connectivity index (χ1n) is 6.19. The van der Waals surface area contributed by atoms with Crippen LogP contribution in [0.3, 0.4) is 0 Å². The summed E-state index contributed by atoms with van der Waals surface area (Å²) < 4.78 is 0.855. The second-order valence-corrected chi connectivity index (χ2v) is 5.45. The van der Waals surface area contributed by atoms with Gasteiger partial charge in [0.15, 0.2) is 0 Å². The number of nitrogens with two attached hydrogens (primary N) is 1. The van der Waals surface area contributed by atoms with E-state index in [1.165, 1.54) is 0 Å². The summed E-state index contributed by atoms with van der Waals surface area (Å²) in [4.78, 5) is 22.9. The van der Waals surface area contributed by atoms with Crippen molar-refractivity contribution in [1.82, 2.24) is 0 Å². The molecule has 0 aliphatic heterocycles. The predicted octanol–water partition coefficient (Wildman–Crippen LogP) is 3.50. The van der Waals surface area contributed by atoms with Crippen LogP contribution in [0.2, 0.25) is 0 Å². The molecule has 0 bridgehead atoms. The van der Waals surface area contributed by atoms with Gasteiger partial charge in [0.25, 0.3) is 5.91 Å². The Morgan fingerprint density at radius 3 is 2.10 bits per heavy atom. The molecule has 0 spiro atoms. The first kappa shape index (κ1) is 15.1. The average Bonchev–Trinajstić information content (AvgIpc) is 2.39. The fourth-order valence-electron chi connectivity index (χ4n) is 1.85. The zero-order valence-electron chi connectivity index (χ0n) is 11.3. The van der Waals surface area contributed by atoms with Gasteiger partial charge in [0.2, 0.25) is 0 Å². The number of carbonyl (C=O) groups is 2. The summed E-state index contributed by atoms with van der Waals surface area (Å²) in [7, 11) is 0. The lowest BCUT2D eigenvalue weighted by atomic mass is 10.1. The van der Waals surface area contributed by atoms with Gasteiger partial charge < -0.3 is 16.4 Å². The van der Waals surface area contributed by atoms with Gasteiger partial charge in [-0.1, -0.05) is 15.9 Å². The van der Waals surface area contributed by atoms with Gasteiger partial charge in [-0.2, -0.15) is 0 Å². The van der Waals surface area contributed by atoms with Crippen molar-refractivity contribution in [2.45, 2.75) is 6.92 Å². The van der Waals surface area contributed by atoms with Crippen molar-refractivity contribution in [3.05, 3.63) is 58.1 Å². The highest BCUT2D eigenvalue weighted by molar-refractivity contribution is 9.10. The van der Waals surface area contributed by atoms with Gasteiger partial charge in [-0.25, -0.2) is 4.79 Å². The molecule has 4 N–H and O–H groups in total. The van der Waals surface area contributed by atoms with E-state index >= 15 is 0 Å². The minimum absolute atomic E-state index is 0.199. The summed E-state index contributed by atoms with van der Waals surface area (Å²) in [5, 5.41) is 5.24. The highest BCUT2D eigenvalue weighted by atomic mass is 79.9. The quantitative estimate of drug-likeness (QED) is 0.793. The maximum atomic E-state index is 12.2. The molecular formula is C15H14BrN3O2. The minimum Gasteiger partial charge on any atom is -0.351 e. The monoisotopic (exact) mass is 347 g/mol. The number of benzene rings is 2. The molecular weight excluding hydrogens is 334 g/mol. The second kappa shape index (κ2) is 6.41. The maximum absolute atomic E-state index is 12.2. The maximum Gasteiger partial charge on any atom is 0.316 e. The Bertz CT molecular complexity index is 664. The van der Waals surface area contributed by atoms with E-state index in [0.29, 0.717) is 16.9 Å². The van der Waals surface area contributed by atoms with Crippen LogP contribution in [0.4, 0.5) is 16.2 Å². The molecule has 0 atom stereocenters. The van der Waals surface area contributed by atoms with E-state index in [1.807, 2.05) is 19.1 Å². The third-order valence-corrected chi connectivity index (χ3v) is 3.17. The highest BCUT2D eigenvalue weighted by Crippen LogP contribution is 2.18. The number of nitrogens with one attached hydrogen (secondary N) is 2. The fourth-order valence-corrected chi connectivity index (χ4v) is 2.46. The van der Waals surface area contributed by atoms with Gasteiger partial charge in [-0.15, -0.1) is 0 Å². The second-order valence-electron chi connectivity index (χ2n) is 4.54. The van der Waals surface area contributed by atoms with Crippen LogP contribution in [0.25, 0.3) is 0 Å². The summed E-state index contributed by atoms with van der Waals surface area (Å²) in [6.45, 7) is 1.92. The van der Waals surface area contributed by atoms with E-state index in [9.17, 15) is 9.59 Å². The van der Waals surface area contributed by atoms with Gasteiger partial charge in [0, 0.05) is 21.4 Å². The molecule has 0 saturated heterocycles. The Balaban J connectivity index is 2.10. The molecule has 0 heterocycles. The number of hydrogen-bond acceptors (Lipinski definition) is 2. The first-order chi connectivity index (χ1) is 9.94. The molecule has 0 radical (unpaired) electrons. The number of aryl methyl sites for hydroxylation is 1. The molecule has 0 aromatic heterocycles. The van der Waals surface area contributed by atoms with Crippen molar-refractivity contribution in [1.29, 1.82) is 0 Å². The predicted molar refractivity (Wildman–Crippen MR) is 86.5 cm³/mol. The van der Waals surface area contributed by atoms with Crippen LogP contribution in [0.5, 0.6) is 0 Å². The van der Waals surface area contributed by atoms with Crippen LogP contribution in [0.15, 0.2) is 46.9 Å². The van der Waals surface area contributed by atoms with E-state index in [-0.39, 0.29) is 5.91 Å². The molecule has 2 aromatic carbocycles. The molecule has 0 aliphatic carbocycles.